The van der Waals surface area contributed by atoms with Crippen molar-refractivity contribution in [2.75, 3.05) is 41.0 Å². The third-order valence-electron chi connectivity index (χ3n) is 14.0. The van der Waals surface area contributed by atoms with E-state index in [0.717, 1.165) is 133 Å². The van der Waals surface area contributed by atoms with Gasteiger partial charge in [-0.3, -0.25) is 0 Å². The van der Waals surface area contributed by atoms with Crippen molar-refractivity contribution in [1.82, 2.24) is 29.9 Å². The molecule has 4 aromatic carbocycles. The summed E-state index contributed by atoms with van der Waals surface area (Å²) in [4.78, 5) is 29.5. The highest BCUT2D eigenvalue weighted by Gasteiger charge is 2.45. The van der Waals surface area contributed by atoms with Gasteiger partial charge in [0.2, 0.25) is 11.9 Å². The number of hydrogen-bond acceptors (Lipinski definition) is 15. The first-order valence-electron chi connectivity index (χ1n) is 25.8. The van der Waals surface area contributed by atoms with Gasteiger partial charge in [-0.25, -0.2) is 19.9 Å². The number of aliphatic hydroxyl groups excluding tert-OH is 2. The summed E-state index contributed by atoms with van der Waals surface area (Å²) in [7, 11) is 0. The van der Waals surface area contributed by atoms with Crippen molar-refractivity contribution < 1.29 is 14.9 Å². The molecule has 4 aromatic heterocycles. The summed E-state index contributed by atoms with van der Waals surface area (Å²) in [6.07, 6.45) is 15.9. The normalized spacial score (nSPS) is 17.1. The summed E-state index contributed by atoms with van der Waals surface area (Å²) < 4.78 is 8.37. The smallest absolute Gasteiger partial charge is 0.229 e. The van der Waals surface area contributed by atoms with Gasteiger partial charge in [-0.1, -0.05) is 110 Å². The monoisotopic (exact) mass is 1020 g/mol. The van der Waals surface area contributed by atoms with E-state index in [1.807, 2.05) is 80.6 Å². The highest BCUT2D eigenvalue weighted by molar-refractivity contribution is 7.22. The third-order valence-corrected chi connectivity index (χ3v) is 16.1. The minimum absolute atomic E-state index is 0.0856. The van der Waals surface area contributed by atoms with E-state index in [0.29, 0.717) is 31.0 Å². The van der Waals surface area contributed by atoms with Crippen LogP contribution in [-0.4, -0.2) is 65.9 Å². The molecule has 0 saturated heterocycles. The first-order valence-corrected chi connectivity index (χ1v) is 27.5. The Balaban J connectivity index is 0.000000171. The Kier molecular flexibility index (Phi) is 16.0. The Labute approximate surface area is 441 Å². The number of fused-ring (bicyclic) bond motifs is 2. The minimum Gasteiger partial charge on any atom is -0.489 e. The molecule has 0 amide bonds. The SMILES string of the molecule is CCC(CO)CCNc1nc(NC2=CCC=CC(OCc3ccccc3)=C2)nc(C)c1-c1nc2ccccc2s1.Cc1nc(NC2(c3ccccc3)CC2)nc(NC2CCC(CO)C2)c1-c1nc2ccccc2s1. The summed E-state index contributed by atoms with van der Waals surface area (Å²) in [5.41, 5.74) is 8.78. The second-order valence-corrected chi connectivity index (χ2v) is 21.4. The maximum absolute atomic E-state index is 9.66. The van der Waals surface area contributed by atoms with Gasteiger partial charge in [-0.2, -0.15) is 9.97 Å². The van der Waals surface area contributed by atoms with Crippen molar-refractivity contribution in [3.63, 3.8) is 0 Å². The molecular formula is C59H64N10O3S2. The highest BCUT2D eigenvalue weighted by Crippen LogP contribution is 2.48. The molecule has 2 fully saturated rings. The van der Waals surface area contributed by atoms with E-state index in [1.54, 1.807) is 22.7 Å². The zero-order chi connectivity index (χ0) is 50.9. The molecule has 15 heteroatoms. The Bertz CT molecular complexity index is 3210. The standard InChI is InChI=1S/C32H35N5O2S.C27H29N5OS/c1-3-23(20-38)17-18-33-30-29(31-36-27-15-9-10-16-28(27)40-31)22(2)34-32(37-30)35-25-13-7-8-14-26(19-25)39-21-24-11-5-4-6-12-24;1-17-23(25-30-21-9-5-6-10-22(21)34-25)24(29-20-12-11-18(15-20)16-33)31-26(28-17)32-27(13-14-27)19-7-3-2-4-8-19/h4-6,8-16,19,23,38H,3,7,17-18,20-21H2,1-2H3,(H2,33,34,35,37);2-10,18,20,33H,11-16H2,1H3,(H2,28,29,31,32). The molecule has 11 rings (SSSR count). The zero-order valence-electron chi connectivity index (χ0n) is 42.2. The molecule has 0 spiro atoms. The van der Waals surface area contributed by atoms with Crippen molar-refractivity contribution in [3.05, 3.63) is 167 Å². The van der Waals surface area contributed by atoms with Crippen LogP contribution in [0, 0.1) is 25.7 Å². The Morgan fingerprint density at radius 1 is 0.730 bits per heavy atom. The van der Waals surface area contributed by atoms with Crippen molar-refractivity contribution in [2.45, 2.75) is 90.3 Å². The first-order chi connectivity index (χ1) is 36.3. The van der Waals surface area contributed by atoms with E-state index in [-0.39, 0.29) is 30.7 Å². The van der Waals surface area contributed by atoms with E-state index in [9.17, 15) is 10.2 Å². The van der Waals surface area contributed by atoms with E-state index in [4.69, 9.17) is 34.6 Å². The number of allylic oxidation sites excluding steroid dienone is 4. The van der Waals surface area contributed by atoms with Gasteiger partial charge < -0.3 is 36.2 Å². The molecule has 3 aliphatic rings. The summed E-state index contributed by atoms with van der Waals surface area (Å²) in [6.45, 7) is 7.76. The van der Waals surface area contributed by atoms with Gasteiger partial charge in [0.1, 0.15) is 34.0 Å². The number of ether oxygens (including phenoxy) is 1. The molecule has 0 radical (unpaired) electrons. The number of thiazole rings is 2. The van der Waals surface area contributed by atoms with E-state index in [2.05, 4.69) is 94.9 Å². The topological polar surface area (TPSA) is 175 Å². The zero-order valence-corrected chi connectivity index (χ0v) is 43.9. The molecule has 74 heavy (non-hydrogen) atoms. The number of anilines is 4. The number of hydrogen-bond donors (Lipinski definition) is 6. The second-order valence-electron chi connectivity index (χ2n) is 19.4. The lowest BCUT2D eigenvalue weighted by Crippen LogP contribution is -2.23. The average Bonchev–Trinajstić information content (AvgIpc) is 3.68. The fourth-order valence-corrected chi connectivity index (χ4v) is 11.7. The predicted molar refractivity (Wildman–Crippen MR) is 302 cm³/mol. The van der Waals surface area contributed by atoms with Gasteiger partial charge >= 0.3 is 0 Å². The molecule has 13 nitrogen and oxygen atoms in total. The molecule has 3 unspecified atom stereocenters. The molecule has 8 aromatic rings. The van der Waals surface area contributed by atoms with E-state index in [1.165, 1.54) is 5.56 Å². The fraction of sp³-hybridized carbons (Fsp3) is 0.322. The van der Waals surface area contributed by atoms with Crippen LogP contribution in [-0.2, 0) is 16.9 Å². The largest absolute Gasteiger partial charge is 0.489 e. The van der Waals surface area contributed by atoms with E-state index < -0.39 is 0 Å². The van der Waals surface area contributed by atoms with Crippen LogP contribution in [0.15, 0.2) is 145 Å². The summed E-state index contributed by atoms with van der Waals surface area (Å²) >= 11 is 3.32. The maximum atomic E-state index is 9.66. The molecule has 3 atom stereocenters. The number of nitrogens with zero attached hydrogens (tertiary/aromatic N) is 6. The molecular weight excluding hydrogens is 961 g/mol. The van der Waals surface area contributed by atoms with Crippen LogP contribution in [0.5, 0.6) is 0 Å². The minimum atomic E-state index is -0.0856. The number of rotatable bonds is 19. The molecule has 4 heterocycles. The number of nitrogens with one attached hydrogen (secondary N) is 4. The lowest BCUT2D eigenvalue weighted by Gasteiger charge is -2.21. The second kappa shape index (κ2) is 23.4. The summed E-state index contributed by atoms with van der Waals surface area (Å²) in [5.74, 6) is 4.11. The van der Waals surface area contributed by atoms with Gasteiger partial charge in [-0.15, -0.1) is 22.7 Å². The lowest BCUT2D eigenvalue weighted by atomic mass is 10.0. The Hall–Kier alpha value is -7.04. The third kappa shape index (κ3) is 12.1. The van der Waals surface area contributed by atoms with E-state index >= 15 is 0 Å². The Morgan fingerprint density at radius 3 is 2.00 bits per heavy atom. The van der Waals surface area contributed by atoms with Crippen LogP contribution in [0.1, 0.15) is 80.8 Å². The van der Waals surface area contributed by atoms with Crippen molar-refractivity contribution in [2.24, 2.45) is 11.8 Å². The van der Waals surface area contributed by atoms with Crippen LogP contribution < -0.4 is 21.3 Å². The number of aliphatic hydroxyl groups is 2. The Morgan fingerprint density at radius 2 is 1.36 bits per heavy atom. The van der Waals surface area contributed by atoms with Gasteiger partial charge in [0.15, 0.2) is 0 Å². The van der Waals surface area contributed by atoms with Crippen molar-refractivity contribution >= 4 is 66.6 Å². The van der Waals surface area contributed by atoms with Crippen LogP contribution in [0.2, 0.25) is 0 Å². The molecule has 380 valence electrons. The van der Waals surface area contributed by atoms with Gasteiger partial charge in [-0.05, 0) is 112 Å². The number of aryl methyl sites for hydroxylation is 2. The lowest BCUT2D eigenvalue weighted by molar-refractivity contribution is 0.211. The van der Waals surface area contributed by atoms with Gasteiger partial charge in [0.05, 0.1) is 48.5 Å². The van der Waals surface area contributed by atoms with Crippen LogP contribution in [0.3, 0.4) is 0 Å². The van der Waals surface area contributed by atoms with Crippen LogP contribution >= 0.6 is 22.7 Å². The molecule has 3 aliphatic carbocycles. The summed E-state index contributed by atoms with van der Waals surface area (Å²) in [5, 5.41) is 35.4. The summed E-state index contributed by atoms with van der Waals surface area (Å²) in [6, 6.07) is 37.4. The number of aromatic nitrogens is 6. The number of benzene rings is 4. The van der Waals surface area contributed by atoms with Crippen molar-refractivity contribution in [3.8, 4) is 21.1 Å². The first kappa shape index (κ1) is 50.5. The number of para-hydroxylation sites is 2. The maximum Gasteiger partial charge on any atom is 0.229 e. The highest BCUT2D eigenvalue weighted by atomic mass is 32.1. The van der Waals surface area contributed by atoms with Gasteiger partial charge in [0, 0.05) is 37.6 Å². The molecule has 6 N–H and O–H groups in total. The van der Waals surface area contributed by atoms with Crippen LogP contribution in [0.4, 0.5) is 23.5 Å². The quantitative estimate of drug-likeness (QED) is 0.0452. The van der Waals surface area contributed by atoms with Crippen LogP contribution in [0.25, 0.3) is 41.6 Å². The fourth-order valence-electron chi connectivity index (χ4n) is 9.61. The van der Waals surface area contributed by atoms with Gasteiger partial charge in [0.25, 0.3) is 0 Å². The predicted octanol–water partition coefficient (Wildman–Crippen LogP) is 13.0. The average molecular weight is 1030 g/mol. The molecule has 2 saturated carbocycles. The van der Waals surface area contributed by atoms with Crippen molar-refractivity contribution in [1.29, 1.82) is 0 Å². The molecule has 0 aliphatic heterocycles. The molecule has 0 bridgehead atoms.